The number of aryl methyl sites for hydroxylation is 1. The lowest BCUT2D eigenvalue weighted by atomic mass is 9.87. The molecule has 2 aromatic carbocycles. The Kier molecular flexibility index (Phi) is 5.68. The molecule has 126 valence electrons. The summed E-state index contributed by atoms with van der Waals surface area (Å²) in [6.45, 7) is 3.54. The number of benzene rings is 2. The Morgan fingerprint density at radius 2 is 1.67 bits per heavy atom. The molecule has 0 aromatic heterocycles. The van der Waals surface area contributed by atoms with Crippen LogP contribution in [0.5, 0.6) is 0 Å². The molecular weight excluding hydrogens is 309 g/mol. The average molecular weight is 329 g/mol. The summed E-state index contributed by atoms with van der Waals surface area (Å²) in [6.07, 6.45) is 0.271. The summed E-state index contributed by atoms with van der Waals surface area (Å²) in [6, 6.07) is 12.9. The van der Waals surface area contributed by atoms with E-state index in [2.05, 4.69) is 5.32 Å². The van der Waals surface area contributed by atoms with Crippen LogP contribution in [0.25, 0.3) is 0 Å². The van der Waals surface area contributed by atoms with Crippen molar-refractivity contribution < 1.29 is 19.1 Å². The first-order chi connectivity index (χ1) is 11.4. The molecule has 0 aliphatic rings. The number of nitrogens with one attached hydrogen (secondary N) is 1. The molecule has 4 nitrogen and oxygen atoms in total. The highest BCUT2D eigenvalue weighted by Crippen LogP contribution is 2.21. The fourth-order valence-electron chi connectivity index (χ4n) is 2.43. The van der Waals surface area contributed by atoms with Crippen LogP contribution in [-0.2, 0) is 16.0 Å². The van der Waals surface area contributed by atoms with Crippen LogP contribution in [0.3, 0.4) is 0 Å². The number of hydrogen-bond acceptors (Lipinski definition) is 2. The maximum Gasteiger partial charge on any atom is 0.307 e. The smallest absolute Gasteiger partial charge is 0.307 e. The summed E-state index contributed by atoms with van der Waals surface area (Å²) >= 11 is 0. The summed E-state index contributed by atoms with van der Waals surface area (Å²) in [4.78, 5) is 23.9. The highest BCUT2D eigenvalue weighted by Gasteiger charge is 2.30. The van der Waals surface area contributed by atoms with Gasteiger partial charge in [-0.15, -0.1) is 0 Å². The Morgan fingerprint density at radius 3 is 2.21 bits per heavy atom. The lowest BCUT2D eigenvalue weighted by Gasteiger charge is -2.20. The topological polar surface area (TPSA) is 66.4 Å². The predicted octanol–water partition coefficient (Wildman–Crippen LogP) is 3.65. The molecule has 5 heteroatoms. The first-order valence-electron chi connectivity index (χ1n) is 7.71. The van der Waals surface area contributed by atoms with Crippen LogP contribution in [0.1, 0.15) is 18.1 Å². The molecule has 0 saturated carbocycles. The Labute approximate surface area is 140 Å². The number of rotatable bonds is 6. The lowest BCUT2D eigenvalue weighted by Crippen LogP contribution is -2.33. The number of carboxylic acid groups (broad SMARTS) is 1. The van der Waals surface area contributed by atoms with Crippen molar-refractivity contribution in [3.05, 3.63) is 65.5 Å². The van der Waals surface area contributed by atoms with E-state index in [1.54, 1.807) is 6.92 Å². The molecule has 0 saturated heterocycles. The van der Waals surface area contributed by atoms with Crippen molar-refractivity contribution in [2.24, 2.45) is 11.8 Å². The minimum Gasteiger partial charge on any atom is -0.481 e. The third-order valence-electron chi connectivity index (χ3n) is 4.02. The van der Waals surface area contributed by atoms with Gasteiger partial charge in [0.25, 0.3) is 0 Å². The Balaban J connectivity index is 2.08. The highest BCUT2D eigenvalue weighted by molar-refractivity contribution is 5.94. The number of aliphatic carboxylic acids is 1. The quantitative estimate of drug-likeness (QED) is 0.850. The number of halogens is 1. The fourth-order valence-corrected chi connectivity index (χ4v) is 2.43. The standard InChI is InChI=1S/C19H20FNO3/c1-12-3-5-14(6-4-12)11-17(19(23)24)13(2)18(22)21-16-9-7-15(20)8-10-16/h3-10,13,17H,11H2,1-2H3,(H,21,22)(H,23,24)/t13-,17+/m0/s1. The summed E-state index contributed by atoms with van der Waals surface area (Å²) < 4.78 is 12.9. The molecule has 0 aliphatic heterocycles. The number of amides is 1. The van der Waals surface area contributed by atoms with Gasteiger partial charge < -0.3 is 10.4 Å². The molecule has 0 bridgehead atoms. The molecule has 0 unspecified atom stereocenters. The van der Waals surface area contributed by atoms with Crippen LogP contribution in [0.15, 0.2) is 48.5 Å². The van der Waals surface area contributed by atoms with Crippen molar-refractivity contribution in [1.29, 1.82) is 0 Å². The average Bonchev–Trinajstić information content (AvgIpc) is 2.55. The van der Waals surface area contributed by atoms with Crippen LogP contribution < -0.4 is 5.32 Å². The fraction of sp³-hybridized carbons (Fsp3) is 0.263. The van der Waals surface area contributed by atoms with Gasteiger partial charge in [-0.25, -0.2) is 4.39 Å². The number of carboxylic acids is 1. The number of anilines is 1. The van der Waals surface area contributed by atoms with E-state index in [-0.39, 0.29) is 6.42 Å². The van der Waals surface area contributed by atoms with Gasteiger partial charge in [-0.3, -0.25) is 9.59 Å². The molecule has 2 atom stereocenters. The second-order valence-electron chi connectivity index (χ2n) is 5.92. The minimum atomic E-state index is -1.02. The Hall–Kier alpha value is -2.69. The predicted molar refractivity (Wildman–Crippen MR) is 90.2 cm³/mol. The molecule has 0 spiro atoms. The maximum absolute atomic E-state index is 12.9. The van der Waals surface area contributed by atoms with Gasteiger partial charge in [0.05, 0.1) is 5.92 Å². The number of hydrogen-bond donors (Lipinski definition) is 2. The molecule has 2 N–H and O–H groups in total. The normalized spacial score (nSPS) is 13.1. The zero-order valence-corrected chi connectivity index (χ0v) is 13.6. The van der Waals surface area contributed by atoms with Gasteiger partial charge in [0.2, 0.25) is 5.91 Å². The van der Waals surface area contributed by atoms with Gasteiger partial charge >= 0.3 is 5.97 Å². The van der Waals surface area contributed by atoms with Crippen molar-refractivity contribution in [2.75, 3.05) is 5.32 Å². The van der Waals surface area contributed by atoms with E-state index in [0.717, 1.165) is 11.1 Å². The van der Waals surface area contributed by atoms with E-state index >= 15 is 0 Å². The van der Waals surface area contributed by atoms with Gasteiger partial charge in [-0.1, -0.05) is 36.8 Å². The van der Waals surface area contributed by atoms with Gasteiger partial charge in [-0.2, -0.15) is 0 Å². The van der Waals surface area contributed by atoms with E-state index in [4.69, 9.17) is 0 Å². The molecule has 0 fully saturated rings. The second-order valence-corrected chi connectivity index (χ2v) is 5.92. The molecule has 0 aliphatic carbocycles. The monoisotopic (exact) mass is 329 g/mol. The molecular formula is C19H20FNO3. The van der Waals surface area contributed by atoms with Crippen LogP contribution in [0.4, 0.5) is 10.1 Å². The SMILES string of the molecule is Cc1ccc(C[C@@H](C(=O)O)[C@H](C)C(=O)Nc2ccc(F)cc2)cc1. The summed E-state index contributed by atoms with van der Waals surface area (Å²) in [5, 5.41) is 12.1. The molecule has 0 heterocycles. The largest absolute Gasteiger partial charge is 0.481 e. The molecule has 24 heavy (non-hydrogen) atoms. The molecule has 2 rings (SSSR count). The van der Waals surface area contributed by atoms with Crippen molar-refractivity contribution >= 4 is 17.6 Å². The van der Waals surface area contributed by atoms with Crippen LogP contribution in [0.2, 0.25) is 0 Å². The Morgan fingerprint density at radius 1 is 1.08 bits per heavy atom. The third kappa shape index (κ3) is 4.65. The van der Waals surface area contributed by atoms with Gasteiger partial charge in [0, 0.05) is 11.6 Å². The van der Waals surface area contributed by atoms with Gasteiger partial charge in [-0.05, 0) is 43.2 Å². The summed E-state index contributed by atoms with van der Waals surface area (Å²) in [7, 11) is 0. The van der Waals surface area contributed by atoms with Crippen LogP contribution in [0, 0.1) is 24.6 Å². The van der Waals surface area contributed by atoms with Gasteiger partial charge in [0.15, 0.2) is 0 Å². The molecule has 0 radical (unpaired) electrons. The van der Waals surface area contributed by atoms with Crippen molar-refractivity contribution in [2.45, 2.75) is 20.3 Å². The Bertz CT molecular complexity index is 710. The van der Waals surface area contributed by atoms with Crippen molar-refractivity contribution in [3.8, 4) is 0 Å². The summed E-state index contributed by atoms with van der Waals surface area (Å²) in [5.41, 5.74) is 2.40. The zero-order valence-electron chi connectivity index (χ0n) is 13.6. The zero-order chi connectivity index (χ0) is 17.7. The number of carbonyl (C=O) groups is 2. The summed E-state index contributed by atoms with van der Waals surface area (Å²) in [5.74, 6) is -3.38. The van der Waals surface area contributed by atoms with E-state index in [1.165, 1.54) is 24.3 Å². The number of carbonyl (C=O) groups excluding carboxylic acids is 1. The third-order valence-corrected chi connectivity index (χ3v) is 4.02. The van der Waals surface area contributed by atoms with Crippen molar-refractivity contribution in [3.63, 3.8) is 0 Å². The van der Waals surface area contributed by atoms with Crippen LogP contribution >= 0.6 is 0 Å². The first kappa shape index (κ1) is 17.7. The van der Waals surface area contributed by atoms with Gasteiger partial charge in [0.1, 0.15) is 5.82 Å². The minimum absolute atomic E-state index is 0.271. The second kappa shape index (κ2) is 7.73. The highest BCUT2D eigenvalue weighted by atomic mass is 19.1. The molecule has 2 aromatic rings. The van der Waals surface area contributed by atoms with E-state index in [0.29, 0.717) is 5.69 Å². The first-order valence-corrected chi connectivity index (χ1v) is 7.71. The van der Waals surface area contributed by atoms with Crippen molar-refractivity contribution in [1.82, 2.24) is 0 Å². The van der Waals surface area contributed by atoms with Crippen LogP contribution in [-0.4, -0.2) is 17.0 Å². The maximum atomic E-state index is 12.9. The lowest BCUT2D eigenvalue weighted by molar-refractivity contribution is -0.145. The van der Waals surface area contributed by atoms with E-state index in [1.807, 2.05) is 31.2 Å². The van der Waals surface area contributed by atoms with E-state index in [9.17, 15) is 19.1 Å². The molecule has 1 amide bonds. The van der Waals surface area contributed by atoms with E-state index < -0.39 is 29.5 Å².